The second-order valence-corrected chi connectivity index (χ2v) is 3.92. The Labute approximate surface area is 83.3 Å². The van der Waals surface area contributed by atoms with Crippen molar-refractivity contribution in [3.05, 3.63) is 0 Å². The number of hydrogen-bond donors (Lipinski definition) is 0. The lowest BCUT2D eigenvalue weighted by Crippen LogP contribution is -2.12. The van der Waals surface area contributed by atoms with Gasteiger partial charge in [0.05, 0.1) is 0 Å². The first-order valence-electron chi connectivity index (χ1n) is 5.41. The molecule has 0 atom stereocenters. The Morgan fingerprint density at radius 2 is 1.38 bits per heavy atom. The largest absolute Gasteiger partial charge is 0.385 e. The van der Waals surface area contributed by atoms with Crippen LogP contribution < -0.4 is 0 Å². The highest BCUT2D eigenvalue weighted by Gasteiger charge is 1.92. The lowest BCUT2D eigenvalue weighted by Gasteiger charge is -2.08. The Hall–Kier alpha value is -0.0800. The molecule has 0 rings (SSSR count). The van der Waals surface area contributed by atoms with Crippen molar-refractivity contribution in [3.63, 3.8) is 0 Å². The minimum Gasteiger partial charge on any atom is -0.385 e. The van der Waals surface area contributed by atoms with Crippen molar-refractivity contribution in [2.45, 2.75) is 38.5 Å². The molecule has 0 spiro atoms. The molecular formula is C11H25NO. The van der Waals surface area contributed by atoms with Gasteiger partial charge in [-0.1, -0.05) is 25.7 Å². The lowest BCUT2D eigenvalue weighted by atomic mass is 10.1. The third kappa shape index (κ3) is 11.9. The molecule has 0 saturated heterocycles. The maximum absolute atomic E-state index is 4.99. The molecule has 80 valence electrons. The smallest absolute Gasteiger partial charge is 0.0462 e. The maximum Gasteiger partial charge on any atom is 0.0462 e. The van der Waals surface area contributed by atoms with Gasteiger partial charge in [0.2, 0.25) is 0 Å². The molecule has 0 bridgehead atoms. The van der Waals surface area contributed by atoms with E-state index < -0.39 is 0 Å². The van der Waals surface area contributed by atoms with Crippen molar-refractivity contribution in [1.82, 2.24) is 4.90 Å². The molecule has 0 aromatic carbocycles. The van der Waals surface area contributed by atoms with Crippen LogP contribution in [0, 0.1) is 0 Å². The molecule has 13 heavy (non-hydrogen) atoms. The molecule has 2 heteroatoms. The average Bonchev–Trinajstić information content (AvgIpc) is 2.09. The molecular weight excluding hydrogens is 162 g/mol. The standard InChI is InChI=1S/C11H25NO/c1-12(2)10-8-6-4-5-7-9-11-13-3/h4-11H2,1-3H3. The van der Waals surface area contributed by atoms with Gasteiger partial charge in [0.15, 0.2) is 0 Å². The number of ether oxygens (including phenoxy) is 1. The topological polar surface area (TPSA) is 12.5 Å². The minimum absolute atomic E-state index is 0.928. The summed E-state index contributed by atoms with van der Waals surface area (Å²) < 4.78 is 4.99. The molecule has 2 nitrogen and oxygen atoms in total. The summed E-state index contributed by atoms with van der Waals surface area (Å²) in [5.74, 6) is 0. The van der Waals surface area contributed by atoms with Gasteiger partial charge in [0.1, 0.15) is 0 Å². The highest BCUT2D eigenvalue weighted by Crippen LogP contribution is 2.05. The normalized spacial score (nSPS) is 11.1. The van der Waals surface area contributed by atoms with Crippen LogP contribution in [0.1, 0.15) is 38.5 Å². The molecule has 0 unspecified atom stereocenters. The van der Waals surface area contributed by atoms with Crippen LogP contribution in [0.15, 0.2) is 0 Å². The number of nitrogens with zero attached hydrogens (tertiary/aromatic N) is 1. The van der Waals surface area contributed by atoms with E-state index in [0.717, 1.165) is 6.61 Å². The van der Waals surface area contributed by atoms with Gasteiger partial charge in [-0.05, 0) is 33.5 Å². The zero-order chi connectivity index (χ0) is 9.94. The van der Waals surface area contributed by atoms with Crippen molar-refractivity contribution in [3.8, 4) is 0 Å². The van der Waals surface area contributed by atoms with Crippen LogP contribution >= 0.6 is 0 Å². The van der Waals surface area contributed by atoms with Gasteiger partial charge >= 0.3 is 0 Å². The number of methoxy groups -OCH3 is 1. The van der Waals surface area contributed by atoms with Gasteiger partial charge in [-0.15, -0.1) is 0 Å². The summed E-state index contributed by atoms with van der Waals surface area (Å²) in [6, 6.07) is 0. The summed E-state index contributed by atoms with van der Waals surface area (Å²) in [7, 11) is 6.05. The Morgan fingerprint density at radius 1 is 0.846 bits per heavy atom. The monoisotopic (exact) mass is 187 g/mol. The van der Waals surface area contributed by atoms with Crippen LogP contribution in [0.5, 0.6) is 0 Å². The first kappa shape index (κ1) is 12.9. The summed E-state index contributed by atoms with van der Waals surface area (Å²) in [6.07, 6.45) is 8.04. The number of rotatable bonds is 9. The Morgan fingerprint density at radius 3 is 1.92 bits per heavy atom. The van der Waals surface area contributed by atoms with E-state index in [1.165, 1.54) is 45.1 Å². The van der Waals surface area contributed by atoms with E-state index in [-0.39, 0.29) is 0 Å². The van der Waals surface area contributed by atoms with Crippen LogP contribution in [0.4, 0.5) is 0 Å². The molecule has 0 aliphatic carbocycles. The predicted molar refractivity (Wildman–Crippen MR) is 58.1 cm³/mol. The zero-order valence-corrected chi connectivity index (χ0v) is 9.51. The van der Waals surface area contributed by atoms with Crippen molar-refractivity contribution in [1.29, 1.82) is 0 Å². The highest BCUT2D eigenvalue weighted by molar-refractivity contribution is 4.47. The molecule has 0 fully saturated rings. The lowest BCUT2D eigenvalue weighted by molar-refractivity contribution is 0.192. The minimum atomic E-state index is 0.928. The fourth-order valence-corrected chi connectivity index (χ4v) is 1.38. The van der Waals surface area contributed by atoms with Crippen LogP contribution in [0.2, 0.25) is 0 Å². The molecule has 0 N–H and O–H groups in total. The Balaban J connectivity index is 2.84. The molecule has 0 radical (unpaired) electrons. The highest BCUT2D eigenvalue weighted by atomic mass is 16.5. The molecule has 0 heterocycles. The number of hydrogen-bond acceptors (Lipinski definition) is 2. The van der Waals surface area contributed by atoms with Crippen LogP contribution in [0.3, 0.4) is 0 Å². The van der Waals surface area contributed by atoms with E-state index in [1.54, 1.807) is 7.11 Å². The summed E-state index contributed by atoms with van der Waals surface area (Å²) in [4.78, 5) is 2.25. The van der Waals surface area contributed by atoms with Gasteiger partial charge in [0.25, 0.3) is 0 Å². The van der Waals surface area contributed by atoms with Gasteiger partial charge in [-0.25, -0.2) is 0 Å². The average molecular weight is 187 g/mol. The van der Waals surface area contributed by atoms with E-state index in [1.807, 2.05) is 0 Å². The number of unbranched alkanes of at least 4 members (excludes halogenated alkanes) is 5. The van der Waals surface area contributed by atoms with Crippen molar-refractivity contribution < 1.29 is 4.74 Å². The second-order valence-electron chi connectivity index (χ2n) is 3.92. The first-order chi connectivity index (χ1) is 6.27. The molecule has 0 aromatic heterocycles. The summed E-state index contributed by atoms with van der Waals surface area (Å²) >= 11 is 0. The summed E-state index contributed by atoms with van der Waals surface area (Å²) in [5.41, 5.74) is 0. The summed E-state index contributed by atoms with van der Waals surface area (Å²) in [6.45, 7) is 2.16. The third-order valence-electron chi connectivity index (χ3n) is 2.20. The maximum atomic E-state index is 4.99. The van der Waals surface area contributed by atoms with E-state index in [0.29, 0.717) is 0 Å². The summed E-state index contributed by atoms with van der Waals surface area (Å²) in [5, 5.41) is 0. The van der Waals surface area contributed by atoms with Crippen LogP contribution in [0.25, 0.3) is 0 Å². The fourth-order valence-electron chi connectivity index (χ4n) is 1.38. The van der Waals surface area contributed by atoms with E-state index in [4.69, 9.17) is 4.74 Å². The SMILES string of the molecule is COCCCCCCCCN(C)C. The fraction of sp³-hybridized carbons (Fsp3) is 1.00. The Kier molecular flexibility index (Phi) is 9.94. The molecule has 0 amide bonds. The van der Waals surface area contributed by atoms with Gasteiger partial charge in [-0.3, -0.25) is 0 Å². The first-order valence-corrected chi connectivity index (χ1v) is 5.41. The molecule has 0 aliphatic rings. The van der Waals surface area contributed by atoms with E-state index in [2.05, 4.69) is 19.0 Å². The Bertz CT molecular complexity index is 94.1. The zero-order valence-electron chi connectivity index (χ0n) is 9.51. The molecule has 0 aliphatic heterocycles. The van der Waals surface area contributed by atoms with Crippen molar-refractivity contribution in [2.24, 2.45) is 0 Å². The van der Waals surface area contributed by atoms with Crippen molar-refractivity contribution in [2.75, 3.05) is 34.4 Å². The van der Waals surface area contributed by atoms with E-state index >= 15 is 0 Å². The van der Waals surface area contributed by atoms with Crippen molar-refractivity contribution >= 4 is 0 Å². The predicted octanol–water partition coefficient (Wildman–Crippen LogP) is 2.54. The van der Waals surface area contributed by atoms with Crippen LogP contribution in [-0.2, 0) is 4.74 Å². The quantitative estimate of drug-likeness (QED) is 0.514. The van der Waals surface area contributed by atoms with Gasteiger partial charge < -0.3 is 9.64 Å². The van der Waals surface area contributed by atoms with E-state index in [9.17, 15) is 0 Å². The van der Waals surface area contributed by atoms with Gasteiger partial charge in [-0.2, -0.15) is 0 Å². The molecule has 0 aromatic rings. The van der Waals surface area contributed by atoms with Crippen LogP contribution in [-0.4, -0.2) is 39.3 Å². The second kappa shape index (κ2) is 10.0. The third-order valence-corrected chi connectivity index (χ3v) is 2.20. The van der Waals surface area contributed by atoms with Gasteiger partial charge in [0, 0.05) is 13.7 Å². The molecule has 0 saturated carbocycles.